The molecule has 1 aliphatic heterocycles. The first-order valence-electron chi connectivity index (χ1n) is 5.12. The highest BCUT2D eigenvalue weighted by atomic mass is 32.2. The Labute approximate surface area is 98.5 Å². The molecular formula is C13H11NOS. The van der Waals surface area contributed by atoms with Crippen molar-refractivity contribution < 1.29 is 5.21 Å². The molecule has 1 aliphatic rings. The summed E-state index contributed by atoms with van der Waals surface area (Å²) in [7, 11) is 0. The van der Waals surface area contributed by atoms with Gasteiger partial charge in [0.25, 0.3) is 0 Å². The summed E-state index contributed by atoms with van der Waals surface area (Å²) in [4.78, 5) is 2.17. The normalized spacial score (nSPS) is 13.2. The van der Waals surface area contributed by atoms with Crippen molar-refractivity contribution in [2.45, 2.75) is 16.7 Å². The summed E-state index contributed by atoms with van der Waals surface area (Å²) in [5.41, 5.74) is 2.87. The molecule has 2 aromatic rings. The average molecular weight is 229 g/mol. The summed E-state index contributed by atoms with van der Waals surface area (Å²) in [5.74, 6) is 0. The molecule has 16 heavy (non-hydrogen) atoms. The molecule has 3 rings (SSSR count). The third kappa shape index (κ3) is 1.40. The van der Waals surface area contributed by atoms with Crippen molar-refractivity contribution in [3.05, 3.63) is 48.0 Å². The van der Waals surface area contributed by atoms with Gasteiger partial charge in [0.1, 0.15) is 0 Å². The van der Waals surface area contributed by atoms with Crippen LogP contribution in [0.3, 0.4) is 0 Å². The second-order valence-electron chi connectivity index (χ2n) is 3.85. The lowest BCUT2D eigenvalue weighted by Crippen LogP contribution is -2.15. The molecule has 1 heterocycles. The zero-order valence-electron chi connectivity index (χ0n) is 8.84. The van der Waals surface area contributed by atoms with Gasteiger partial charge in [0.15, 0.2) is 0 Å². The molecule has 0 radical (unpaired) electrons. The van der Waals surface area contributed by atoms with E-state index in [1.807, 2.05) is 37.3 Å². The predicted molar refractivity (Wildman–Crippen MR) is 65.7 cm³/mol. The lowest BCUT2D eigenvalue weighted by atomic mass is 10.2. The third-order valence-corrected chi connectivity index (χ3v) is 3.79. The molecule has 0 spiro atoms. The fourth-order valence-corrected chi connectivity index (χ4v) is 2.87. The van der Waals surface area contributed by atoms with Crippen LogP contribution >= 0.6 is 11.8 Å². The molecule has 0 aromatic heterocycles. The van der Waals surface area contributed by atoms with E-state index in [0.29, 0.717) is 0 Å². The fourth-order valence-electron chi connectivity index (χ4n) is 1.85. The van der Waals surface area contributed by atoms with Gasteiger partial charge in [-0.05, 0) is 36.8 Å². The topological polar surface area (TPSA) is 23.5 Å². The van der Waals surface area contributed by atoms with Gasteiger partial charge in [0.05, 0.1) is 11.4 Å². The smallest absolute Gasteiger partial charge is 0.0835 e. The van der Waals surface area contributed by atoms with Crippen molar-refractivity contribution in [3.63, 3.8) is 0 Å². The molecule has 0 atom stereocenters. The maximum absolute atomic E-state index is 10.2. The van der Waals surface area contributed by atoms with Gasteiger partial charge in [-0.1, -0.05) is 30.0 Å². The van der Waals surface area contributed by atoms with Gasteiger partial charge in [0.2, 0.25) is 0 Å². The largest absolute Gasteiger partial charge is 0.283 e. The molecule has 0 fully saturated rings. The van der Waals surface area contributed by atoms with E-state index in [1.54, 1.807) is 11.8 Å². The average Bonchev–Trinajstić information content (AvgIpc) is 2.31. The fraction of sp³-hybridized carbons (Fsp3) is 0.0769. The Balaban J connectivity index is 2.19. The van der Waals surface area contributed by atoms with Crippen LogP contribution in [0.25, 0.3) is 0 Å². The second kappa shape index (κ2) is 3.54. The zero-order chi connectivity index (χ0) is 11.1. The molecule has 2 nitrogen and oxygen atoms in total. The number of anilines is 2. The molecule has 80 valence electrons. The molecular weight excluding hydrogens is 218 g/mol. The van der Waals surface area contributed by atoms with Gasteiger partial charge in [-0.2, -0.15) is 0 Å². The maximum atomic E-state index is 10.2. The van der Waals surface area contributed by atoms with Crippen LogP contribution in [0.1, 0.15) is 5.56 Å². The molecule has 0 bridgehead atoms. The number of nitrogens with zero attached hydrogens (tertiary/aromatic N) is 1. The van der Waals surface area contributed by atoms with Crippen LogP contribution < -0.4 is 5.06 Å². The Morgan fingerprint density at radius 2 is 1.75 bits per heavy atom. The number of hydrogen-bond donors (Lipinski definition) is 1. The number of aryl methyl sites for hydroxylation is 1. The number of rotatable bonds is 0. The number of para-hydroxylation sites is 1. The second-order valence-corrected chi connectivity index (χ2v) is 4.94. The molecule has 0 aliphatic carbocycles. The van der Waals surface area contributed by atoms with Gasteiger partial charge < -0.3 is 0 Å². The number of hydrogen-bond acceptors (Lipinski definition) is 3. The first kappa shape index (κ1) is 9.75. The summed E-state index contributed by atoms with van der Waals surface area (Å²) in [6, 6.07) is 14.0. The van der Waals surface area contributed by atoms with Crippen LogP contribution in [-0.4, -0.2) is 5.21 Å². The predicted octanol–water partition coefficient (Wildman–Crippen LogP) is 3.99. The van der Waals surface area contributed by atoms with Crippen LogP contribution in [0.15, 0.2) is 52.3 Å². The van der Waals surface area contributed by atoms with Crippen molar-refractivity contribution in [2.75, 3.05) is 5.06 Å². The van der Waals surface area contributed by atoms with E-state index in [1.165, 1.54) is 5.06 Å². The van der Waals surface area contributed by atoms with Crippen LogP contribution in [0.4, 0.5) is 11.4 Å². The van der Waals surface area contributed by atoms with Gasteiger partial charge in [0, 0.05) is 9.79 Å². The van der Waals surface area contributed by atoms with E-state index in [0.717, 1.165) is 26.7 Å². The van der Waals surface area contributed by atoms with Crippen LogP contribution in [0.5, 0.6) is 0 Å². The summed E-state index contributed by atoms with van der Waals surface area (Å²) in [6.07, 6.45) is 0. The minimum Gasteiger partial charge on any atom is -0.283 e. The lowest BCUT2D eigenvalue weighted by Gasteiger charge is -2.27. The molecule has 0 saturated heterocycles. The number of benzene rings is 2. The van der Waals surface area contributed by atoms with Crippen molar-refractivity contribution in [1.82, 2.24) is 0 Å². The quantitative estimate of drug-likeness (QED) is 0.739. The van der Waals surface area contributed by atoms with Crippen molar-refractivity contribution in [2.24, 2.45) is 0 Å². The van der Waals surface area contributed by atoms with E-state index in [2.05, 4.69) is 12.1 Å². The van der Waals surface area contributed by atoms with Crippen LogP contribution in [0, 0.1) is 6.92 Å². The summed E-state index contributed by atoms with van der Waals surface area (Å²) in [6.45, 7) is 2.03. The van der Waals surface area contributed by atoms with Gasteiger partial charge >= 0.3 is 0 Å². The Kier molecular flexibility index (Phi) is 2.16. The van der Waals surface area contributed by atoms with Crippen molar-refractivity contribution in [3.8, 4) is 0 Å². The third-order valence-electron chi connectivity index (χ3n) is 2.66. The highest BCUT2D eigenvalue weighted by Gasteiger charge is 2.21. The minimum atomic E-state index is 0.852. The van der Waals surface area contributed by atoms with E-state index >= 15 is 0 Å². The summed E-state index contributed by atoms with van der Waals surface area (Å²) in [5, 5.41) is 11.4. The lowest BCUT2D eigenvalue weighted by molar-refractivity contribution is 0.296. The molecule has 0 saturated carbocycles. The van der Waals surface area contributed by atoms with Gasteiger partial charge in [-0.15, -0.1) is 0 Å². The molecule has 0 amide bonds. The Bertz CT molecular complexity index is 553. The minimum absolute atomic E-state index is 0.852. The SMILES string of the molecule is Cc1ccc2c(c1)N(O)c1ccccc1S2. The summed E-state index contributed by atoms with van der Waals surface area (Å²) >= 11 is 1.69. The van der Waals surface area contributed by atoms with Crippen LogP contribution in [0.2, 0.25) is 0 Å². The molecule has 3 heteroatoms. The van der Waals surface area contributed by atoms with E-state index in [9.17, 15) is 5.21 Å². The highest BCUT2D eigenvalue weighted by Crippen LogP contribution is 2.47. The summed E-state index contributed by atoms with van der Waals surface area (Å²) < 4.78 is 0. The Morgan fingerprint density at radius 3 is 2.62 bits per heavy atom. The maximum Gasteiger partial charge on any atom is 0.0835 e. The monoisotopic (exact) mass is 229 g/mol. The van der Waals surface area contributed by atoms with Gasteiger partial charge in [-0.25, -0.2) is 5.06 Å². The van der Waals surface area contributed by atoms with Crippen molar-refractivity contribution >= 4 is 23.1 Å². The van der Waals surface area contributed by atoms with Crippen LogP contribution in [-0.2, 0) is 0 Å². The Hall–Kier alpha value is -1.45. The molecule has 1 N–H and O–H groups in total. The van der Waals surface area contributed by atoms with E-state index in [-0.39, 0.29) is 0 Å². The molecule has 2 aromatic carbocycles. The standard InChI is InChI=1S/C13H11NOS/c1-9-6-7-13-11(8-9)14(15)10-4-2-3-5-12(10)16-13/h2-8,15H,1H3. The number of fused-ring (bicyclic) bond motifs is 2. The Morgan fingerprint density at radius 1 is 1.00 bits per heavy atom. The zero-order valence-corrected chi connectivity index (χ0v) is 9.66. The van der Waals surface area contributed by atoms with E-state index in [4.69, 9.17) is 0 Å². The first-order valence-corrected chi connectivity index (χ1v) is 5.94. The van der Waals surface area contributed by atoms with E-state index < -0.39 is 0 Å². The van der Waals surface area contributed by atoms with Gasteiger partial charge in [-0.3, -0.25) is 5.21 Å². The highest BCUT2D eigenvalue weighted by molar-refractivity contribution is 7.99. The molecule has 0 unspecified atom stereocenters. The van der Waals surface area contributed by atoms with Crippen molar-refractivity contribution in [1.29, 1.82) is 0 Å². The first-order chi connectivity index (χ1) is 7.75.